The average molecular weight is 468 g/mol. The molecule has 2 aliphatic heterocycles. The van der Waals surface area contributed by atoms with Gasteiger partial charge >= 0.3 is 0 Å². The second-order valence-corrected chi connectivity index (χ2v) is 10.7. The average Bonchev–Trinajstić information content (AvgIpc) is 3.61. The van der Waals surface area contributed by atoms with Crippen LogP contribution in [0.1, 0.15) is 23.7 Å². The van der Waals surface area contributed by atoms with E-state index in [9.17, 15) is 12.8 Å². The fraction of sp³-hybridized carbons (Fsp3) is 0.364. The fourth-order valence-corrected chi connectivity index (χ4v) is 6.63. The fourth-order valence-electron chi connectivity index (χ4n) is 5.14. The van der Waals surface area contributed by atoms with E-state index in [4.69, 9.17) is 0 Å². The van der Waals surface area contributed by atoms with E-state index < -0.39 is 28.0 Å². The number of aromatic nitrogens is 6. The number of sulfone groups is 1. The van der Waals surface area contributed by atoms with Crippen LogP contribution in [0.3, 0.4) is 0 Å². The Kier molecular flexibility index (Phi) is 4.59. The number of halogens is 1. The number of aryl methyl sites for hydroxylation is 1. The van der Waals surface area contributed by atoms with Crippen LogP contribution in [0.4, 0.5) is 4.39 Å². The van der Waals surface area contributed by atoms with Crippen molar-refractivity contribution in [2.75, 3.05) is 25.5 Å². The van der Waals surface area contributed by atoms with E-state index in [2.05, 4.69) is 30.4 Å². The minimum Gasteiger partial charge on any atom is -0.346 e. The van der Waals surface area contributed by atoms with Crippen molar-refractivity contribution in [1.82, 2.24) is 35.0 Å². The Bertz CT molecular complexity index is 1460. The van der Waals surface area contributed by atoms with Gasteiger partial charge in [0, 0.05) is 29.9 Å². The molecule has 1 unspecified atom stereocenters. The lowest BCUT2D eigenvalue weighted by molar-refractivity contribution is 0.210. The van der Waals surface area contributed by atoms with Gasteiger partial charge in [-0.15, -0.1) is 0 Å². The molecule has 0 radical (unpaired) electrons. The van der Waals surface area contributed by atoms with Crippen molar-refractivity contribution in [1.29, 1.82) is 0 Å². The number of alkyl halides is 1. The van der Waals surface area contributed by atoms with E-state index in [-0.39, 0.29) is 10.8 Å². The molecule has 33 heavy (non-hydrogen) atoms. The molecular formula is C22H22FN7O2S. The summed E-state index contributed by atoms with van der Waals surface area (Å²) in [6.07, 6.45) is 7.84. The zero-order chi connectivity index (χ0) is 22.6. The second kappa shape index (κ2) is 7.42. The predicted molar refractivity (Wildman–Crippen MR) is 119 cm³/mol. The molecule has 4 aromatic heterocycles. The van der Waals surface area contributed by atoms with Crippen molar-refractivity contribution in [2.45, 2.75) is 29.3 Å². The monoisotopic (exact) mass is 467 g/mol. The maximum Gasteiger partial charge on any atom is 0.196 e. The molecule has 0 spiro atoms. The van der Waals surface area contributed by atoms with Crippen molar-refractivity contribution < 1.29 is 12.8 Å². The molecule has 9 nitrogen and oxygen atoms in total. The molecule has 1 saturated heterocycles. The lowest BCUT2D eigenvalue weighted by Crippen LogP contribution is -2.41. The van der Waals surface area contributed by atoms with Crippen LogP contribution in [0.25, 0.3) is 22.3 Å². The minimum atomic E-state index is -3.39. The molecule has 6 rings (SSSR count). The summed E-state index contributed by atoms with van der Waals surface area (Å²) in [6, 6.07) is 4.93. The van der Waals surface area contributed by atoms with Crippen molar-refractivity contribution in [2.24, 2.45) is 0 Å². The van der Waals surface area contributed by atoms with Gasteiger partial charge < -0.3 is 10.3 Å². The molecule has 2 atom stereocenters. The van der Waals surface area contributed by atoms with Crippen LogP contribution >= 0.6 is 0 Å². The first-order chi connectivity index (χ1) is 16.0. The van der Waals surface area contributed by atoms with E-state index in [1.54, 1.807) is 23.3 Å². The third-order valence-corrected chi connectivity index (χ3v) is 8.59. The molecule has 11 heteroatoms. The molecule has 0 bridgehead atoms. The number of nitrogens with zero attached hydrogens (tertiary/aromatic N) is 5. The van der Waals surface area contributed by atoms with Crippen molar-refractivity contribution in [3.8, 4) is 11.3 Å². The normalized spacial score (nSPS) is 22.6. The van der Waals surface area contributed by atoms with E-state index >= 15 is 0 Å². The van der Waals surface area contributed by atoms with Crippen LogP contribution in [-0.4, -0.2) is 63.7 Å². The van der Waals surface area contributed by atoms with Gasteiger partial charge in [-0.25, -0.2) is 27.8 Å². The van der Waals surface area contributed by atoms with Crippen LogP contribution in [0, 0.1) is 0 Å². The molecule has 0 amide bonds. The molecule has 0 aliphatic carbocycles. The predicted octanol–water partition coefficient (Wildman–Crippen LogP) is 1.99. The molecular weight excluding hydrogens is 445 g/mol. The number of hydrogen-bond acceptors (Lipinski definition) is 7. The summed E-state index contributed by atoms with van der Waals surface area (Å²) in [6.45, 7) is 0.502. The Labute approximate surface area is 189 Å². The molecule has 170 valence electrons. The van der Waals surface area contributed by atoms with E-state index in [1.807, 2.05) is 18.2 Å². The van der Waals surface area contributed by atoms with Gasteiger partial charge in [-0.05, 0) is 37.1 Å². The van der Waals surface area contributed by atoms with Crippen molar-refractivity contribution in [3.05, 3.63) is 54.4 Å². The SMILES string of the molecule is O=S1(=O)CCc2ccc([C@@]3(C(CF)n4cc(-c5ncnc6[nH]ccc56)cn4)CCNC3)nc21. The standard InChI is InChI=1S/C22H22FN7O2S/c23-9-18(30-11-15(10-28-30)19-16-3-6-25-20(16)27-13-26-19)22(5-7-24-12-22)17-2-1-14-4-8-33(31,32)21(14)29-17/h1-3,6,10-11,13,18,24H,4-5,7-9,12H2,(H,25,26,27)/t18?,22-/m1/s1. The number of pyridine rings is 1. The van der Waals surface area contributed by atoms with Crippen molar-refractivity contribution in [3.63, 3.8) is 0 Å². The maximum absolute atomic E-state index is 14.7. The largest absolute Gasteiger partial charge is 0.346 e. The van der Waals surface area contributed by atoms with Gasteiger partial charge in [0.15, 0.2) is 14.9 Å². The summed E-state index contributed by atoms with van der Waals surface area (Å²) in [5, 5.41) is 8.82. The lowest BCUT2D eigenvalue weighted by atomic mass is 9.76. The molecule has 1 fully saturated rings. The number of aromatic amines is 1. The summed E-state index contributed by atoms with van der Waals surface area (Å²) < 4.78 is 41.3. The van der Waals surface area contributed by atoms with E-state index in [0.717, 1.165) is 22.2 Å². The summed E-state index contributed by atoms with van der Waals surface area (Å²) >= 11 is 0. The zero-order valence-electron chi connectivity index (χ0n) is 17.7. The van der Waals surface area contributed by atoms with Crippen LogP contribution < -0.4 is 5.32 Å². The molecule has 0 aromatic carbocycles. The van der Waals surface area contributed by atoms with Gasteiger partial charge in [0.2, 0.25) is 0 Å². The molecule has 2 aliphatic rings. The molecule has 6 heterocycles. The van der Waals surface area contributed by atoms with Gasteiger partial charge in [-0.2, -0.15) is 5.10 Å². The Morgan fingerprint density at radius 1 is 1.24 bits per heavy atom. The first-order valence-corrected chi connectivity index (χ1v) is 12.5. The van der Waals surface area contributed by atoms with Gasteiger partial charge in [0.1, 0.15) is 18.6 Å². The summed E-state index contributed by atoms with van der Waals surface area (Å²) in [5.41, 5.74) is 2.79. The van der Waals surface area contributed by atoms with Gasteiger partial charge in [0.25, 0.3) is 0 Å². The number of hydrogen-bond donors (Lipinski definition) is 2. The molecule has 4 aromatic rings. The van der Waals surface area contributed by atoms with E-state index in [0.29, 0.717) is 37.3 Å². The highest BCUT2D eigenvalue weighted by Crippen LogP contribution is 2.42. The molecule has 2 N–H and O–H groups in total. The van der Waals surface area contributed by atoms with Gasteiger partial charge in [0.05, 0.1) is 34.8 Å². The Balaban J connectivity index is 1.44. The topological polar surface area (TPSA) is 118 Å². The van der Waals surface area contributed by atoms with Crippen LogP contribution in [0.15, 0.2) is 48.1 Å². The highest BCUT2D eigenvalue weighted by molar-refractivity contribution is 7.91. The number of rotatable bonds is 5. The third kappa shape index (κ3) is 3.10. The summed E-state index contributed by atoms with van der Waals surface area (Å²) in [7, 11) is -3.39. The zero-order valence-corrected chi connectivity index (χ0v) is 18.5. The number of H-pyrrole nitrogens is 1. The second-order valence-electron chi connectivity index (χ2n) is 8.65. The smallest absolute Gasteiger partial charge is 0.196 e. The number of fused-ring (bicyclic) bond motifs is 2. The maximum atomic E-state index is 14.7. The van der Waals surface area contributed by atoms with Gasteiger partial charge in [-0.3, -0.25) is 4.68 Å². The first kappa shape index (κ1) is 20.4. The van der Waals surface area contributed by atoms with Crippen molar-refractivity contribution >= 4 is 20.9 Å². The Morgan fingerprint density at radius 3 is 2.97 bits per heavy atom. The minimum absolute atomic E-state index is 0.0750. The molecule has 0 saturated carbocycles. The number of nitrogens with one attached hydrogen (secondary N) is 2. The lowest BCUT2D eigenvalue weighted by Gasteiger charge is -2.35. The van der Waals surface area contributed by atoms with Crippen LogP contribution in [0.5, 0.6) is 0 Å². The van der Waals surface area contributed by atoms with Gasteiger partial charge in [-0.1, -0.05) is 6.07 Å². The third-order valence-electron chi connectivity index (χ3n) is 6.90. The van der Waals surface area contributed by atoms with Crippen LogP contribution in [0.2, 0.25) is 0 Å². The summed E-state index contributed by atoms with van der Waals surface area (Å²) in [5.74, 6) is 0.0750. The Morgan fingerprint density at radius 2 is 2.15 bits per heavy atom. The highest BCUT2D eigenvalue weighted by atomic mass is 32.2. The summed E-state index contributed by atoms with van der Waals surface area (Å²) in [4.78, 5) is 16.3. The quantitative estimate of drug-likeness (QED) is 0.461. The first-order valence-electron chi connectivity index (χ1n) is 10.8. The van der Waals surface area contributed by atoms with E-state index in [1.165, 1.54) is 6.33 Å². The van der Waals surface area contributed by atoms with Crippen LogP contribution in [-0.2, 0) is 21.7 Å². The highest BCUT2D eigenvalue weighted by Gasteiger charge is 2.47. The Hall–Kier alpha value is -3.18.